The Morgan fingerprint density at radius 3 is 2.10 bits per heavy atom. The summed E-state index contributed by atoms with van der Waals surface area (Å²) >= 11 is 0. The summed E-state index contributed by atoms with van der Waals surface area (Å²) in [5.41, 5.74) is 1.96. The first-order valence-corrected chi connectivity index (χ1v) is 9.64. The van der Waals surface area contributed by atoms with Gasteiger partial charge in [-0.05, 0) is 46.9 Å². The fourth-order valence-corrected chi connectivity index (χ4v) is 2.96. The minimum atomic E-state index is -1.02. The molecule has 3 aromatic rings. The largest absolute Gasteiger partial charge is 0.478 e. The molecule has 0 unspecified atom stereocenters. The van der Waals surface area contributed by atoms with E-state index in [1.807, 2.05) is 78.9 Å². The van der Waals surface area contributed by atoms with Gasteiger partial charge in [-0.15, -0.1) is 0 Å². The van der Waals surface area contributed by atoms with Crippen molar-refractivity contribution < 1.29 is 19.4 Å². The maximum absolute atomic E-state index is 11.8. The van der Waals surface area contributed by atoms with Crippen molar-refractivity contribution in [2.45, 2.75) is 38.7 Å². The summed E-state index contributed by atoms with van der Waals surface area (Å²) in [5.74, 6) is 0.841. The van der Waals surface area contributed by atoms with Gasteiger partial charge in [0.15, 0.2) is 6.10 Å². The summed E-state index contributed by atoms with van der Waals surface area (Å²) in [4.78, 5) is 11.8. The molecule has 0 amide bonds. The zero-order chi connectivity index (χ0) is 20.9. The molecule has 4 nitrogen and oxygen atoms in total. The Hall–Kier alpha value is -3.27. The van der Waals surface area contributed by atoms with Crippen LogP contribution < -0.4 is 9.47 Å². The molecule has 0 saturated heterocycles. The molecule has 0 aromatic heterocycles. The van der Waals surface area contributed by atoms with E-state index in [0.29, 0.717) is 17.2 Å². The number of carbonyl (C=O) groups is 1. The van der Waals surface area contributed by atoms with Crippen molar-refractivity contribution in [3.8, 4) is 17.2 Å². The van der Waals surface area contributed by atoms with E-state index in [-0.39, 0.29) is 11.8 Å². The van der Waals surface area contributed by atoms with Crippen molar-refractivity contribution in [3.63, 3.8) is 0 Å². The van der Waals surface area contributed by atoms with Gasteiger partial charge in [-0.25, -0.2) is 4.79 Å². The SMILES string of the molecule is CC(C)(C)c1ccc(O[C@H](Cc2ccccc2Oc2ccccc2)C(=O)O)cc1. The van der Waals surface area contributed by atoms with Crippen LogP contribution in [0, 0.1) is 0 Å². The van der Waals surface area contributed by atoms with Crippen LogP contribution in [-0.2, 0) is 16.6 Å². The average molecular weight is 390 g/mol. The van der Waals surface area contributed by atoms with Crippen LogP contribution >= 0.6 is 0 Å². The Labute approximate surface area is 171 Å². The Morgan fingerprint density at radius 2 is 1.48 bits per heavy atom. The van der Waals surface area contributed by atoms with Gasteiger partial charge in [0.2, 0.25) is 0 Å². The quantitative estimate of drug-likeness (QED) is 0.550. The summed E-state index contributed by atoms with van der Waals surface area (Å²) in [7, 11) is 0. The molecular formula is C25H26O4. The monoisotopic (exact) mass is 390 g/mol. The van der Waals surface area contributed by atoms with Gasteiger partial charge in [0.1, 0.15) is 17.2 Å². The summed E-state index contributed by atoms with van der Waals surface area (Å²) in [6, 6.07) is 24.4. The second-order valence-corrected chi connectivity index (χ2v) is 7.95. The molecule has 1 atom stereocenters. The van der Waals surface area contributed by atoms with Gasteiger partial charge in [0, 0.05) is 6.42 Å². The van der Waals surface area contributed by atoms with Crippen molar-refractivity contribution >= 4 is 5.97 Å². The first-order chi connectivity index (χ1) is 13.8. The van der Waals surface area contributed by atoms with Crippen molar-refractivity contribution in [2.24, 2.45) is 0 Å². The van der Waals surface area contributed by atoms with Crippen molar-refractivity contribution in [1.29, 1.82) is 0 Å². The molecule has 29 heavy (non-hydrogen) atoms. The lowest BCUT2D eigenvalue weighted by Crippen LogP contribution is -2.29. The van der Waals surface area contributed by atoms with Gasteiger partial charge in [-0.3, -0.25) is 0 Å². The van der Waals surface area contributed by atoms with E-state index >= 15 is 0 Å². The van der Waals surface area contributed by atoms with Crippen LogP contribution in [0.4, 0.5) is 0 Å². The van der Waals surface area contributed by atoms with Gasteiger partial charge in [-0.2, -0.15) is 0 Å². The van der Waals surface area contributed by atoms with Gasteiger partial charge in [-0.1, -0.05) is 69.3 Å². The number of hydrogen-bond acceptors (Lipinski definition) is 3. The topological polar surface area (TPSA) is 55.8 Å². The second kappa shape index (κ2) is 8.82. The van der Waals surface area contributed by atoms with E-state index in [9.17, 15) is 9.90 Å². The zero-order valence-electron chi connectivity index (χ0n) is 17.0. The number of benzene rings is 3. The van der Waals surface area contributed by atoms with E-state index in [2.05, 4.69) is 20.8 Å². The molecule has 0 aliphatic heterocycles. The summed E-state index contributed by atoms with van der Waals surface area (Å²) in [6.45, 7) is 6.39. The normalized spacial score (nSPS) is 12.2. The van der Waals surface area contributed by atoms with Crippen LogP contribution in [0.2, 0.25) is 0 Å². The van der Waals surface area contributed by atoms with Crippen LogP contribution in [0.15, 0.2) is 78.9 Å². The van der Waals surface area contributed by atoms with E-state index in [1.54, 1.807) is 0 Å². The Kier molecular flexibility index (Phi) is 6.23. The smallest absolute Gasteiger partial charge is 0.345 e. The summed E-state index contributed by atoms with van der Waals surface area (Å²) < 4.78 is 11.7. The highest BCUT2D eigenvalue weighted by Gasteiger charge is 2.22. The predicted octanol–water partition coefficient (Wildman–Crippen LogP) is 5.85. The molecule has 0 spiro atoms. The highest BCUT2D eigenvalue weighted by molar-refractivity contribution is 5.73. The standard InChI is InChI=1S/C25H26O4/c1-25(2,3)19-13-15-21(16-14-19)29-23(24(26)27)17-18-9-7-8-12-22(18)28-20-10-5-4-6-11-20/h4-16,23H,17H2,1-3H3,(H,26,27)/t23-/m1/s1. The molecule has 0 heterocycles. The molecule has 3 aromatic carbocycles. The highest BCUT2D eigenvalue weighted by atomic mass is 16.5. The average Bonchev–Trinajstić information content (AvgIpc) is 2.69. The number of rotatable bonds is 7. The van der Waals surface area contributed by atoms with E-state index in [0.717, 1.165) is 5.56 Å². The summed E-state index contributed by atoms with van der Waals surface area (Å²) in [6.07, 6.45) is -0.824. The lowest BCUT2D eigenvalue weighted by molar-refractivity contribution is -0.145. The van der Waals surface area contributed by atoms with Gasteiger partial charge in [0.25, 0.3) is 0 Å². The number of ether oxygens (including phenoxy) is 2. The van der Waals surface area contributed by atoms with Crippen LogP contribution in [0.25, 0.3) is 0 Å². The molecule has 0 saturated carbocycles. The fraction of sp³-hybridized carbons (Fsp3) is 0.240. The molecular weight excluding hydrogens is 364 g/mol. The number of aliphatic carboxylic acids is 1. The fourth-order valence-electron chi connectivity index (χ4n) is 2.96. The van der Waals surface area contributed by atoms with Crippen molar-refractivity contribution in [1.82, 2.24) is 0 Å². The third-order valence-corrected chi connectivity index (χ3v) is 4.62. The van der Waals surface area contributed by atoms with Crippen molar-refractivity contribution in [3.05, 3.63) is 90.0 Å². The maximum atomic E-state index is 11.8. The van der Waals surface area contributed by atoms with Crippen LogP contribution in [0.3, 0.4) is 0 Å². The van der Waals surface area contributed by atoms with Gasteiger partial charge in [0.05, 0.1) is 0 Å². The van der Waals surface area contributed by atoms with Crippen LogP contribution in [0.1, 0.15) is 31.9 Å². The summed E-state index contributed by atoms with van der Waals surface area (Å²) in [5, 5.41) is 9.69. The third kappa shape index (κ3) is 5.61. The lowest BCUT2D eigenvalue weighted by Gasteiger charge is -2.20. The Bertz CT molecular complexity index is 941. The van der Waals surface area contributed by atoms with Crippen molar-refractivity contribution in [2.75, 3.05) is 0 Å². The van der Waals surface area contributed by atoms with Crippen LogP contribution in [-0.4, -0.2) is 17.2 Å². The minimum Gasteiger partial charge on any atom is -0.478 e. The number of hydrogen-bond donors (Lipinski definition) is 1. The predicted molar refractivity (Wildman–Crippen MR) is 114 cm³/mol. The molecule has 4 heteroatoms. The molecule has 3 rings (SSSR count). The Balaban J connectivity index is 1.77. The molecule has 1 N–H and O–H groups in total. The van der Waals surface area contributed by atoms with Crippen LogP contribution in [0.5, 0.6) is 17.2 Å². The zero-order valence-corrected chi connectivity index (χ0v) is 17.0. The molecule has 0 aliphatic rings. The van der Waals surface area contributed by atoms with E-state index in [1.165, 1.54) is 5.56 Å². The molecule has 0 radical (unpaired) electrons. The molecule has 150 valence electrons. The first-order valence-electron chi connectivity index (χ1n) is 9.64. The number of carboxylic acid groups (broad SMARTS) is 1. The third-order valence-electron chi connectivity index (χ3n) is 4.62. The van der Waals surface area contributed by atoms with Gasteiger partial charge >= 0.3 is 5.97 Å². The first kappa shape index (κ1) is 20.5. The molecule has 0 fully saturated rings. The van der Waals surface area contributed by atoms with E-state index in [4.69, 9.17) is 9.47 Å². The second-order valence-electron chi connectivity index (χ2n) is 7.95. The molecule has 0 aliphatic carbocycles. The highest BCUT2D eigenvalue weighted by Crippen LogP contribution is 2.28. The Morgan fingerprint density at radius 1 is 0.862 bits per heavy atom. The number of carboxylic acids is 1. The van der Waals surface area contributed by atoms with E-state index < -0.39 is 12.1 Å². The maximum Gasteiger partial charge on any atom is 0.345 e. The lowest BCUT2D eigenvalue weighted by atomic mass is 9.87. The van der Waals surface area contributed by atoms with Gasteiger partial charge < -0.3 is 14.6 Å². The molecule has 0 bridgehead atoms. The number of para-hydroxylation sites is 2. The minimum absolute atomic E-state index is 0.0262.